The minimum atomic E-state index is 0.567. The summed E-state index contributed by atoms with van der Waals surface area (Å²) in [5.41, 5.74) is 9.24. The van der Waals surface area contributed by atoms with Crippen molar-refractivity contribution in [3.8, 4) is 62.5 Å². The van der Waals surface area contributed by atoms with Gasteiger partial charge in [0.05, 0.1) is 11.6 Å². The molecule has 0 N–H and O–H groups in total. The van der Waals surface area contributed by atoms with Crippen molar-refractivity contribution in [3.05, 3.63) is 163 Å². The Morgan fingerprint density at radius 2 is 1.02 bits per heavy atom. The first-order valence-electron chi connectivity index (χ1n) is 16.1. The lowest BCUT2D eigenvalue weighted by molar-refractivity contribution is 0.669. The number of hydrogen-bond acceptors (Lipinski definition) is 5. The van der Waals surface area contributed by atoms with Gasteiger partial charge in [0, 0.05) is 27.5 Å². The molecule has 0 bridgehead atoms. The molecule has 2 heterocycles. The van der Waals surface area contributed by atoms with E-state index >= 15 is 0 Å². The van der Waals surface area contributed by atoms with E-state index in [1.807, 2.05) is 84.9 Å². The van der Waals surface area contributed by atoms with Crippen LogP contribution in [0.1, 0.15) is 5.56 Å². The maximum Gasteiger partial charge on any atom is 0.164 e. The van der Waals surface area contributed by atoms with Crippen LogP contribution in [0.5, 0.6) is 0 Å². The predicted octanol–water partition coefficient (Wildman–Crippen LogP) is 11.1. The Morgan fingerprint density at radius 3 is 1.76 bits per heavy atom. The second-order valence-corrected chi connectivity index (χ2v) is 12.0. The molecule has 0 fully saturated rings. The van der Waals surface area contributed by atoms with Crippen LogP contribution in [0.15, 0.2) is 162 Å². The number of hydrogen-bond donors (Lipinski definition) is 0. The smallest absolute Gasteiger partial charge is 0.164 e. The average Bonchev–Trinajstić information content (AvgIpc) is 3.56. The third-order valence-corrected chi connectivity index (χ3v) is 8.97. The summed E-state index contributed by atoms with van der Waals surface area (Å²) in [6.45, 7) is 0. The number of benzene rings is 7. The van der Waals surface area contributed by atoms with Crippen molar-refractivity contribution < 1.29 is 4.42 Å². The molecule has 0 aliphatic carbocycles. The summed E-state index contributed by atoms with van der Waals surface area (Å²) < 4.78 is 6.47. The zero-order chi connectivity index (χ0) is 32.7. The van der Waals surface area contributed by atoms with Crippen LogP contribution in [-0.2, 0) is 0 Å². The highest BCUT2D eigenvalue weighted by Gasteiger charge is 2.17. The van der Waals surface area contributed by atoms with E-state index in [0.717, 1.165) is 60.9 Å². The Hall–Kier alpha value is -6.90. The first-order valence-corrected chi connectivity index (χ1v) is 16.1. The monoisotopic (exact) mass is 626 g/mol. The van der Waals surface area contributed by atoms with Gasteiger partial charge >= 0.3 is 0 Å². The van der Waals surface area contributed by atoms with Gasteiger partial charge in [0.1, 0.15) is 11.2 Å². The van der Waals surface area contributed by atoms with Gasteiger partial charge < -0.3 is 4.42 Å². The van der Waals surface area contributed by atoms with Crippen LogP contribution < -0.4 is 0 Å². The van der Waals surface area contributed by atoms with Crippen LogP contribution >= 0.6 is 0 Å². The van der Waals surface area contributed by atoms with E-state index in [1.54, 1.807) is 0 Å². The van der Waals surface area contributed by atoms with E-state index in [0.29, 0.717) is 23.0 Å². The Morgan fingerprint density at radius 1 is 0.429 bits per heavy atom. The molecular weight excluding hydrogens is 601 g/mol. The van der Waals surface area contributed by atoms with Crippen molar-refractivity contribution in [3.63, 3.8) is 0 Å². The lowest BCUT2D eigenvalue weighted by Crippen LogP contribution is -2.00. The quantitative estimate of drug-likeness (QED) is 0.190. The fourth-order valence-corrected chi connectivity index (χ4v) is 6.46. The number of fused-ring (bicyclic) bond motifs is 4. The Balaban J connectivity index is 1.14. The standard InChI is InChI=1S/C44H26N4O/c45-27-28-13-15-30(16-14-28)31-17-20-33(21-18-31)43-46-42(32-8-2-1-3-9-32)47-44(48-43)36-23-24-38-40(26-36)49-39-12-6-11-37(41(38)39)35-22-19-29-7-4-5-10-34(29)25-35/h1-26H. The highest BCUT2D eigenvalue weighted by molar-refractivity contribution is 6.13. The number of rotatable bonds is 5. The summed E-state index contributed by atoms with van der Waals surface area (Å²) in [5, 5.41) is 13.7. The first kappa shape index (κ1) is 28.3. The topological polar surface area (TPSA) is 75.6 Å². The van der Waals surface area contributed by atoms with Gasteiger partial charge in [-0.25, -0.2) is 15.0 Å². The van der Waals surface area contributed by atoms with Crippen molar-refractivity contribution in [2.45, 2.75) is 0 Å². The molecule has 2 aromatic heterocycles. The van der Waals surface area contributed by atoms with E-state index in [2.05, 4.69) is 78.9 Å². The van der Waals surface area contributed by atoms with Crippen molar-refractivity contribution in [2.75, 3.05) is 0 Å². The van der Waals surface area contributed by atoms with Crippen LogP contribution in [0, 0.1) is 11.3 Å². The van der Waals surface area contributed by atoms with E-state index in [1.165, 1.54) is 10.8 Å². The number of aromatic nitrogens is 3. The molecule has 5 heteroatoms. The van der Waals surface area contributed by atoms with Crippen LogP contribution in [0.25, 0.3) is 89.1 Å². The third-order valence-electron chi connectivity index (χ3n) is 8.97. The maximum absolute atomic E-state index is 9.17. The summed E-state index contributed by atoms with van der Waals surface area (Å²) in [6, 6.07) is 55.3. The molecule has 0 unspecified atom stereocenters. The van der Waals surface area contributed by atoms with E-state index in [9.17, 15) is 0 Å². The Bertz CT molecular complexity index is 2710. The largest absolute Gasteiger partial charge is 0.456 e. The predicted molar refractivity (Wildman–Crippen MR) is 197 cm³/mol. The molecule has 49 heavy (non-hydrogen) atoms. The SMILES string of the molecule is N#Cc1ccc(-c2ccc(-c3nc(-c4ccccc4)nc(-c4ccc5c(c4)oc4cccc(-c6ccc7ccccc7c6)c45)n3)cc2)cc1. The molecule has 0 amide bonds. The van der Waals surface area contributed by atoms with E-state index < -0.39 is 0 Å². The molecule has 0 saturated heterocycles. The zero-order valence-corrected chi connectivity index (χ0v) is 26.2. The van der Waals surface area contributed by atoms with Gasteiger partial charge in [-0.1, -0.05) is 121 Å². The van der Waals surface area contributed by atoms with E-state index in [4.69, 9.17) is 24.6 Å². The van der Waals surface area contributed by atoms with Gasteiger partial charge in [-0.15, -0.1) is 0 Å². The zero-order valence-electron chi connectivity index (χ0n) is 26.2. The second kappa shape index (κ2) is 11.7. The van der Waals surface area contributed by atoms with Gasteiger partial charge in [0.2, 0.25) is 0 Å². The highest BCUT2D eigenvalue weighted by atomic mass is 16.3. The highest BCUT2D eigenvalue weighted by Crippen LogP contribution is 2.39. The molecule has 0 radical (unpaired) electrons. The van der Waals surface area contributed by atoms with Crippen molar-refractivity contribution in [2.24, 2.45) is 0 Å². The summed E-state index contributed by atoms with van der Waals surface area (Å²) in [7, 11) is 0. The molecule has 5 nitrogen and oxygen atoms in total. The molecule has 0 atom stereocenters. The van der Waals surface area contributed by atoms with Gasteiger partial charge in [-0.3, -0.25) is 0 Å². The van der Waals surface area contributed by atoms with Gasteiger partial charge in [0.15, 0.2) is 17.5 Å². The fraction of sp³-hybridized carbons (Fsp3) is 0. The Kier molecular flexibility index (Phi) is 6.78. The van der Waals surface area contributed by atoms with Crippen LogP contribution in [-0.4, -0.2) is 15.0 Å². The minimum Gasteiger partial charge on any atom is -0.456 e. The summed E-state index contributed by atoms with van der Waals surface area (Å²) in [5.74, 6) is 1.75. The van der Waals surface area contributed by atoms with Crippen molar-refractivity contribution in [1.29, 1.82) is 5.26 Å². The van der Waals surface area contributed by atoms with Crippen LogP contribution in [0.4, 0.5) is 0 Å². The second-order valence-electron chi connectivity index (χ2n) is 12.0. The number of nitrogens with zero attached hydrogens (tertiary/aromatic N) is 4. The summed E-state index contributed by atoms with van der Waals surface area (Å²) in [6.07, 6.45) is 0. The summed E-state index contributed by atoms with van der Waals surface area (Å²) in [4.78, 5) is 14.8. The minimum absolute atomic E-state index is 0.567. The van der Waals surface area contributed by atoms with Crippen molar-refractivity contribution >= 4 is 32.7 Å². The molecule has 0 saturated carbocycles. The lowest BCUT2D eigenvalue weighted by atomic mass is 9.97. The molecule has 0 aliphatic rings. The molecule has 7 aromatic carbocycles. The van der Waals surface area contributed by atoms with E-state index in [-0.39, 0.29) is 0 Å². The lowest BCUT2D eigenvalue weighted by Gasteiger charge is -2.09. The molecule has 9 rings (SSSR count). The summed E-state index contributed by atoms with van der Waals surface area (Å²) >= 11 is 0. The average molecular weight is 627 g/mol. The molecular formula is C44H26N4O. The first-order chi connectivity index (χ1) is 24.2. The number of nitriles is 1. The van der Waals surface area contributed by atoms with Crippen LogP contribution in [0.2, 0.25) is 0 Å². The molecule has 0 aliphatic heterocycles. The van der Waals surface area contributed by atoms with Gasteiger partial charge in [0.25, 0.3) is 0 Å². The van der Waals surface area contributed by atoms with Gasteiger partial charge in [-0.05, 0) is 69.4 Å². The third kappa shape index (κ3) is 5.18. The fourth-order valence-electron chi connectivity index (χ4n) is 6.46. The molecule has 228 valence electrons. The van der Waals surface area contributed by atoms with Crippen molar-refractivity contribution in [1.82, 2.24) is 15.0 Å². The van der Waals surface area contributed by atoms with Gasteiger partial charge in [-0.2, -0.15) is 5.26 Å². The van der Waals surface area contributed by atoms with Crippen LogP contribution in [0.3, 0.4) is 0 Å². The molecule has 0 spiro atoms. The Labute approximate surface area is 282 Å². The maximum atomic E-state index is 9.17. The number of furan rings is 1. The normalized spacial score (nSPS) is 11.2. The molecule has 9 aromatic rings.